The van der Waals surface area contributed by atoms with Crippen molar-refractivity contribution in [2.75, 3.05) is 19.6 Å². The minimum atomic E-state index is 0.629. The first-order valence-corrected chi connectivity index (χ1v) is 7.03. The van der Waals surface area contributed by atoms with Crippen LogP contribution in [0, 0.1) is 0 Å². The van der Waals surface area contributed by atoms with E-state index < -0.39 is 0 Å². The Balaban J connectivity index is 1.59. The molecule has 0 radical (unpaired) electrons. The number of nitrogens with zero attached hydrogens (tertiary/aromatic N) is 2. The average Bonchev–Trinajstić information content (AvgIpc) is 3.01. The van der Waals surface area contributed by atoms with E-state index in [-0.39, 0.29) is 0 Å². The van der Waals surface area contributed by atoms with Crippen molar-refractivity contribution in [2.24, 2.45) is 0 Å². The highest BCUT2D eigenvalue weighted by atomic mass is 32.1. The fourth-order valence-corrected chi connectivity index (χ4v) is 3.42. The van der Waals surface area contributed by atoms with Crippen LogP contribution >= 0.6 is 11.3 Å². The topological polar surface area (TPSA) is 28.2 Å². The lowest BCUT2D eigenvalue weighted by atomic mass is 10.2. The number of thiazole rings is 1. The largest absolute Gasteiger partial charge is 0.312 e. The molecule has 0 unspecified atom stereocenters. The van der Waals surface area contributed by atoms with Gasteiger partial charge in [-0.1, -0.05) is 0 Å². The monoisotopic (exact) mass is 237 g/mol. The molecule has 2 fully saturated rings. The van der Waals surface area contributed by atoms with Crippen LogP contribution in [0.1, 0.15) is 35.6 Å². The van der Waals surface area contributed by atoms with E-state index in [4.69, 9.17) is 0 Å². The van der Waals surface area contributed by atoms with Crippen LogP contribution in [-0.4, -0.2) is 35.6 Å². The van der Waals surface area contributed by atoms with Gasteiger partial charge in [-0.25, -0.2) is 4.98 Å². The first kappa shape index (κ1) is 10.7. The summed E-state index contributed by atoms with van der Waals surface area (Å²) < 4.78 is 0. The van der Waals surface area contributed by atoms with E-state index in [0.29, 0.717) is 6.04 Å². The molecular formula is C12H19N3S. The third-order valence-corrected chi connectivity index (χ3v) is 4.47. The maximum atomic E-state index is 4.54. The predicted octanol–water partition coefficient (Wildman–Crippen LogP) is 1.81. The Hall–Kier alpha value is -0.450. The van der Waals surface area contributed by atoms with Gasteiger partial charge in [-0.05, 0) is 19.8 Å². The number of piperazine rings is 1. The molecule has 1 atom stereocenters. The Morgan fingerprint density at radius 1 is 1.56 bits per heavy atom. The molecule has 3 nitrogen and oxygen atoms in total. The van der Waals surface area contributed by atoms with Crippen molar-refractivity contribution >= 4 is 11.3 Å². The highest BCUT2D eigenvalue weighted by Crippen LogP contribution is 2.41. The number of nitrogens with one attached hydrogen (secondary N) is 1. The van der Waals surface area contributed by atoms with Gasteiger partial charge in [-0.2, -0.15) is 0 Å². The average molecular weight is 237 g/mol. The molecule has 0 amide bonds. The number of hydrogen-bond acceptors (Lipinski definition) is 4. The summed E-state index contributed by atoms with van der Waals surface area (Å²) in [4.78, 5) is 8.51. The molecule has 1 saturated heterocycles. The zero-order chi connectivity index (χ0) is 11.0. The Bertz CT molecular complexity index is 359. The standard InChI is InChI=1S/C12H19N3S/c1-9-7-15(5-4-13-9)8-11-6-14-12(16-11)10-2-3-10/h6,9-10,13H,2-5,7-8H2,1H3/t9-/m1/s1. The van der Waals surface area contributed by atoms with Gasteiger partial charge in [0.05, 0.1) is 5.01 Å². The Morgan fingerprint density at radius 2 is 2.44 bits per heavy atom. The highest BCUT2D eigenvalue weighted by Gasteiger charge is 2.27. The zero-order valence-corrected chi connectivity index (χ0v) is 10.6. The van der Waals surface area contributed by atoms with Gasteiger partial charge < -0.3 is 5.32 Å². The van der Waals surface area contributed by atoms with Gasteiger partial charge in [0.1, 0.15) is 0 Å². The third kappa shape index (κ3) is 2.44. The smallest absolute Gasteiger partial charge is 0.0959 e. The number of aromatic nitrogens is 1. The molecular weight excluding hydrogens is 218 g/mol. The van der Waals surface area contributed by atoms with Crippen LogP contribution in [0.3, 0.4) is 0 Å². The SMILES string of the molecule is C[C@@H]1CN(Cc2cnc(C3CC3)s2)CCN1. The summed E-state index contributed by atoms with van der Waals surface area (Å²) in [5, 5.41) is 4.85. The van der Waals surface area contributed by atoms with Gasteiger partial charge in [-0.3, -0.25) is 4.90 Å². The fourth-order valence-electron chi connectivity index (χ4n) is 2.29. The van der Waals surface area contributed by atoms with E-state index >= 15 is 0 Å². The molecule has 88 valence electrons. The molecule has 16 heavy (non-hydrogen) atoms. The normalized spacial score (nSPS) is 27.2. The zero-order valence-electron chi connectivity index (χ0n) is 9.78. The van der Waals surface area contributed by atoms with Crippen molar-refractivity contribution < 1.29 is 0 Å². The lowest BCUT2D eigenvalue weighted by molar-refractivity contribution is 0.201. The lowest BCUT2D eigenvalue weighted by Crippen LogP contribution is -2.48. The van der Waals surface area contributed by atoms with E-state index in [1.807, 2.05) is 11.3 Å². The van der Waals surface area contributed by atoms with Crippen LogP contribution in [0.25, 0.3) is 0 Å². The Morgan fingerprint density at radius 3 is 3.19 bits per heavy atom. The third-order valence-electron chi connectivity index (χ3n) is 3.33. The summed E-state index contributed by atoms with van der Waals surface area (Å²) in [5.74, 6) is 0.806. The molecule has 1 aromatic heterocycles. The second-order valence-electron chi connectivity index (χ2n) is 5.03. The molecule has 0 bridgehead atoms. The molecule has 4 heteroatoms. The molecule has 0 spiro atoms. The van der Waals surface area contributed by atoms with Gasteiger partial charge in [0.15, 0.2) is 0 Å². The van der Waals surface area contributed by atoms with Gasteiger partial charge >= 0.3 is 0 Å². The van der Waals surface area contributed by atoms with Gasteiger partial charge in [-0.15, -0.1) is 11.3 Å². The van der Waals surface area contributed by atoms with E-state index in [9.17, 15) is 0 Å². The van der Waals surface area contributed by atoms with Crippen LogP contribution in [0.4, 0.5) is 0 Å². The molecule has 3 rings (SSSR count). The van der Waals surface area contributed by atoms with Gasteiger partial charge in [0, 0.05) is 49.2 Å². The predicted molar refractivity (Wildman–Crippen MR) is 66.8 cm³/mol. The Labute approximate surface area is 101 Å². The number of rotatable bonds is 3. The summed E-state index contributed by atoms with van der Waals surface area (Å²) in [7, 11) is 0. The minimum absolute atomic E-state index is 0.629. The minimum Gasteiger partial charge on any atom is -0.312 e. The highest BCUT2D eigenvalue weighted by molar-refractivity contribution is 7.11. The maximum Gasteiger partial charge on any atom is 0.0959 e. The molecule has 2 aliphatic rings. The molecule has 1 aromatic rings. The van der Waals surface area contributed by atoms with Gasteiger partial charge in [0.2, 0.25) is 0 Å². The summed E-state index contributed by atoms with van der Waals surface area (Å²) >= 11 is 1.93. The maximum absolute atomic E-state index is 4.54. The molecule has 2 heterocycles. The van der Waals surface area contributed by atoms with Crippen LogP contribution in [0.2, 0.25) is 0 Å². The van der Waals surface area contributed by atoms with E-state index in [1.165, 1.54) is 29.3 Å². The summed E-state index contributed by atoms with van der Waals surface area (Å²) in [6.45, 7) is 6.80. The van der Waals surface area contributed by atoms with Crippen molar-refractivity contribution in [3.05, 3.63) is 16.1 Å². The van der Waals surface area contributed by atoms with Crippen molar-refractivity contribution in [2.45, 2.75) is 38.3 Å². The molecule has 0 aromatic carbocycles. The van der Waals surface area contributed by atoms with E-state index in [2.05, 4.69) is 28.3 Å². The first-order valence-electron chi connectivity index (χ1n) is 6.21. The van der Waals surface area contributed by atoms with E-state index in [0.717, 1.165) is 25.6 Å². The van der Waals surface area contributed by atoms with Crippen LogP contribution in [0.5, 0.6) is 0 Å². The molecule has 1 aliphatic carbocycles. The molecule has 1 N–H and O–H groups in total. The summed E-state index contributed by atoms with van der Waals surface area (Å²) in [6, 6.07) is 0.629. The molecule has 1 aliphatic heterocycles. The van der Waals surface area contributed by atoms with Crippen LogP contribution < -0.4 is 5.32 Å². The van der Waals surface area contributed by atoms with Crippen molar-refractivity contribution in [3.8, 4) is 0 Å². The lowest BCUT2D eigenvalue weighted by Gasteiger charge is -2.31. The van der Waals surface area contributed by atoms with E-state index in [1.54, 1.807) is 0 Å². The summed E-state index contributed by atoms with van der Waals surface area (Å²) in [5.41, 5.74) is 0. The van der Waals surface area contributed by atoms with Crippen molar-refractivity contribution in [1.29, 1.82) is 0 Å². The van der Waals surface area contributed by atoms with Gasteiger partial charge in [0.25, 0.3) is 0 Å². The fraction of sp³-hybridized carbons (Fsp3) is 0.750. The first-order chi connectivity index (χ1) is 7.81. The quantitative estimate of drug-likeness (QED) is 0.869. The van der Waals surface area contributed by atoms with Crippen LogP contribution in [0.15, 0.2) is 6.20 Å². The Kier molecular flexibility index (Phi) is 2.96. The summed E-state index contributed by atoms with van der Waals surface area (Å²) in [6.07, 6.45) is 4.81. The number of hydrogen-bond donors (Lipinski definition) is 1. The van der Waals surface area contributed by atoms with Crippen molar-refractivity contribution in [3.63, 3.8) is 0 Å². The van der Waals surface area contributed by atoms with Crippen LogP contribution in [-0.2, 0) is 6.54 Å². The second kappa shape index (κ2) is 4.43. The molecule has 1 saturated carbocycles. The van der Waals surface area contributed by atoms with Crippen molar-refractivity contribution in [1.82, 2.24) is 15.2 Å². The second-order valence-corrected chi connectivity index (χ2v) is 6.18.